The molecule has 0 aliphatic carbocycles. The third kappa shape index (κ3) is 6.62. The number of nitrogens with zero attached hydrogens (tertiary/aromatic N) is 4. The van der Waals surface area contributed by atoms with Crippen molar-refractivity contribution >= 4 is 47.1 Å². The average Bonchev–Trinajstić information content (AvgIpc) is 3.22. The lowest BCUT2D eigenvalue weighted by Crippen LogP contribution is -2.46. The molecule has 0 radical (unpaired) electrons. The third-order valence-electron chi connectivity index (χ3n) is 4.68. The van der Waals surface area contributed by atoms with Crippen LogP contribution in [-0.2, 0) is 13.1 Å². The molecule has 27 heavy (non-hydrogen) atoms. The minimum Gasteiger partial charge on any atom is -0.354 e. The summed E-state index contributed by atoms with van der Waals surface area (Å²) in [6.07, 6.45) is 1.96. The van der Waals surface area contributed by atoms with Crippen molar-refractivity contribution in [3.05, 3.63) is 46.3 Å². The zero-order valence-electron chi connectivity index (χ0n) is 16.0. The number of thiophene rings is 1. The summed E-state index contributed by atoms with van der Waals surface area (Å²) in [5, 5.41) is 10.9. The zero-order chi connectivity index (χ0) is 18.2. The molecule has 148 valence electrons. The predicted octanol–water partition coefficient (Wildman–Crippen LogP) is 2.77. The van der Waals surface area contributed by atoms with E-state index in [1.807, 2.05) is 6.20 Å². The summed E-state index contributed by atoms with van der Waals surface area (Å²) in [5.74, 6) is 1.88. The highest BCUT2D eigenvalue weighted by atomic mass is 127. The number of hydrogen-bond donors (Lipinski definition) is 2. The Labute approximate surface area is 183 Å². The van der Waals surface area contributed by atoms with Gasteiger partial charge >= 0.3 is 0 Å². The Morgan fingerprint density at radius 3 is 2.41 bits per heavy atom. The lowest BCUT2D eigenvalue weighted by molar-refractivity contribution is 0.270. The Hall–Kier alpha value is -1.39. The number of likely N-dealkylation sites (N-methyl/N-ethyl adjacent to an activating group) is 1. The van der Waals surface area contributed by atoms with Crippen molar-refractivity contribution < 1.29 is 0 Å². The Bertz CT molecular complexity index is 681. The maximum Gasteiger partial charge on any atom is 0.191 e. The van der Waals surface area contributed by atoms with E-state index in [0.29, 0.717) is 6.54 Å². The van der Waals surface area contributed by atoms with Crippen LogP contribution in [0.4, 0.5) is 5.82 Å². The van der Waals surface area contributed by atoms with Crippen molar-refractivity contribution in [2.75, 3.05) is 44.7 Å². The second kappa shape index (κ2) is 11.5. The quantitative estimate of drug-likeness (QED) is 0.363. The fourth-order valence-electron chi connectivity index (χ4n) is 2.99. The molecule has 1 fully saturated rings. The number of guanidine groups is 1. The highest BCUT2D eigenvalue weighted by Crippen LogP contribution is 2.14. The Morgan fingerprint density at radius 1 is 1.11 bits per heavy atom. The van der Waals surface area contributed by atoms with E-state index < -0.39 is 0 Å². The third-order valence-corrected chi connectivity index (χ3v) is 5.41. The van der Waals surface area contributed by atoms with Gasteiger partial charge in [0.15, 0.2) is 5.96 Å². The van der Waals surface area contributed by atoms with Gasteiger partial charge in [0, 0.05) is 52.5 Å². The number of nitrogens with one attached hydrogen (secondary N) is 2. The number of rotatable bonds is 6. The largest absolute Gasteiger partial charge is 0.354 e. The molecule has 0 saturated carbocycles. The second-order valence-corrected chi connectivity index (χ2v) is 7.14. The topological polar surface area (TPSA) is 55.8 Å². The molecule has 0 bridgehead atoms. The fraction of sp³-hybridized carbons (Fsp3) is 0.474. The maximum absolute atomic E-state index is 4.65. The highest BCUT2D eigenvalue weighted by molar-refractivity contribution is 14.0. The minimum absolute atomic E-state index is 0. The van der Waals surface area contributed by atoms with Gasteiger partial charge in [-0.25, -0.2) is 4.98 Å². The number of halogens is 1. The summed E-state index contributed by atoms with van der Waals surface area (Å²) in [5.41, 5.74) is 2.42. The van der Waals surface area contributed by atoms with E-state index in [-0.39, 0.29) is 24.0 Å². The maximum atomic E-state index is 4.65. The molecule has 0 spiro atoms. The molecular weight excluding hydrogens is 471 g/mol. The molecule has 1 aliphatic rings. The molecule has 0 amide bonds. The monoisotopic (exact) mass is 500 g/mol. The standard InChI is InChI=1S/C19H28N6S.HI/c1-3-24-7-9-25(10-8-24)18-5-4-16(12-21-18)13-22-19(20-2)23-14-17-6-11-26-15-17;/h4-6,11-12,15H,3,7-10,13-14H2,1-2H3,(H2,20,22,23);1H. The summed E-state index contributed by atoms with van der Waals surface area (Å²) >= 11 is 1.71. The van der Waals surface area contributed by atoms with Crippen LogP contribution >= 0.6 is 35.3 Å². The van der Waals surface area contributed by atoms with Crippen LogP contribution in [0.3, 0.4) is 0 Å². The molecule has 6 nitrogen and oxygen atoms in total. The first-order chi connectivity index (χ1) is 12.8. The Kier molecular flexibility index (Phi) is 9.29. The first-order valence-electron chi connectivity index (χ1n) is 9.16. The fourth-order valence-corrected chi connectivity index (χ4v) is 3.66. The van der Waals surface area contributed by atoms with Gasteiger partial charge < -0.3 is 20.4 Å². The lowest BCUT2D eigenvalue weighted by Gasteiger charge is -2.34. The molecule has 8 heteroatoms. The second-order valence-electron chi connectivity index (χ2n) is 6.36. The van der Waals surface area contributed by atoms with E-state index in [4.69, 9.17) is 0 Å². The minimum atomic E-state index is 0. The van der Waals surface area contributed by atoms with Crippen LogP contribution < -0.4 is 15.5 Å². The normalized spacial score (nSPS) is 15.3. The van der Waals surface area contributed by atoms with Gasteiger partial charge in [-0.3, -0.25) is 4.99 Å². The van der Waals surface area contributed by atoms with Crippen molar-refractivity contribution in [1.82, 2.24) is 20.5 Å². The molecule has 3 heterocycles. The van der Waals surface area contributed by atoms with E-state index in [1.54, 1.807) is 18.4 Å². The molecule has 1 saturated heterocycles. The first-order valence-corrected chi connectivity index (χ1v) is 10.1. The Morgan fingerprint density at radius 2 is 1.85 bits per heavy atom. The predicted molar refractivity (Wildman–Crippen MR) is 125 cm³/mol. The Balaban J connectivity index is 0.00000261. The highest BCUT2D eigenvalue weighted by Gasteiger charge is 2.16. The van der Waals surface area contributed by atoms with E-state index >= 15 is 0 Å². The summed E-state index contributed by atoms with van der Waals surface area (Å²) in [6, 6.07) is 6.39. The molecular formula is C19H29IN6S. The summed E-state index contributed by atoms with van der Waals surface area (Å²) in [7, 11) is 1.79. The van der Waals surface area contributed by atoms with Crippen LogP contribution in [0.2, 0.25) is 0 Å². The SMILES string of the molecule is CCN1CCN(c2ccc(CNC(=NC)NCc3ccsc3)cn2)CC1.I. The van der Waals surface area contributed by atoms with Crippen molar-refractivity contribution in [2.24, 2.45) is 4.99 Å². The van der Waals surface area contributed by atoms with Gasteiger partial charge in [-0.2, -0.15) is 11.3 Å². The first kappa shape index (κ1) is 21.9. The molecule has 1 aliphatic heterocycles. The molecule has 2 aromatic heterocycles. The number of piperazine rings is 1. The van der Waals surface area contributed by atoms with Gasteiger partial charge in [0.2, 0.25) is 0 Å². The van der Waals surface area contributed by atoms with E-state index in [1.165, 1.54) is 5.56 Å². The van der Waals surface area contributed by atoms with Crippen LogP contribution in [0.25, 0.3) is 0 Å². The van der Waals surface area contributed by atoms with Crippen LogP contribution in [-0.4, -0.2) is 55.6 Å². The number of aromatic nitrogens is 1. The average molecular weight is 500 g/mol. The van der Waals surface area contributed by atoms with Crippen molar-refractivity contribution in [2.45, 2.75) is 20.0 Å². The van der Waals surface area contributed by atoms with Gasteiger partial charge in [-0.15, -0.1) is 24.0 Å². The number of hydrogen-bond acceptors (Lipinski definition) is 5. The van der Waals surface area contributed by atoms with Crippen LogP contribution in [0.5, 0.6) is 0 Å². The van der Waals surface area contributed by atoms with Gasteiger partial charge in [-0.05, 0) is 40.6 Å². The molecule has 3 rings (SSSR count). The zero-order valence-corrected chi connectivity index (χ0v) is 19.2. The molecule has 0 aromatic carbocycles. The van der Waals surface area contributed by atoms with Crippen LogP contribution in [0.15, 0.2) is 40.1 Å². The lowest BCUT2D eigenvalue weighted by atomic mass is 10.2. The van der Waals surface area contributed by atoms with E-state index in [0.717, 1.165) is 56.6 Å². The summed E-state index contributed by atoms with van der Waals surface area (Å²) < 4.78 is 0. The van der Waals surface area contributed by atoms with Gasteiger partial charge in [0.25, 0.3) is 0 Å². The van der Waals surface area contributed by atoms with E-state index in [2.05, 4.69) is 66.3 Å². The van der Waals surface area contributed by atoms with Crippen molar-refractivity contribution in [3.8, 4) is 0 Å². The van der Waals surface area contributed by atoms with Gasteiger partial charge in [0.1, 0.15) is 5.82 Å². The molecule has 2 aromatic rings. The summed E-state index contributed by atoms with van der Waals surface area (Å²) in [6.45, 7) is 9.19. The van der Waals surface area contributed by atoms with Gasteiger partial charge in [0.05, 0.1) is 0 Å². The summed E-state index contributed by atoms with van der Waals surface area (Å²) in [4.78, 5) is 13.8. The van der Waals surface area contributed by atoms with E-state index in [9.17, 15) is 0 Å². The molecule has 2 N–H and O–H groups in total. The van der Waals surface area contributed by atoms with Gasteiger partial charge in [-0.1, -0.05) is 13.0 Å². The van der Waals surface area contributed by atoms with Crippen LogP contribution in [0, 0.1) is 0 Å². The number of anilines is 1. The van der Waals surface area contributed by atoms with Crippen molar-refractivity contribution in [3.63, 3.8) is 0 Å². The molecule has 0 unspecified atom stereocenters. The smallest absolute Gasteiger partial charge is 0.191 e. The number of aliphatic imine (C=N–C) groups is 1. The van der Waals surface area contributed by atoms with Crippen LogP contribution in [0.1, 0.15) is 18.1 Å². The van der Waals surface area contributed by atoms with Crippen molar-refractivity contribution in [1.29, 1.82) is 0 Å². The number of pyridine rings is 1. The molecule has 0 atom stereocenters.